The largest absolute Gasteiger partial charge is 0.330 e. The van der Waals surface area contributed by atoms with Crippen molar-refractivity contribution in [3.63, 3.8) is 0 Å². The Hall–Kier alpha value is -1.42. The van der Waals surface area contributed by atoms with E-state index in [0.717, 1.165) is 29.4 Å². The second kappa shape index (κ2) is 3.75. The van der Waals surface area contributed by atoms with Gasteiger partial charge in [0.25, 0.3) is 0 Å². The molecule has 1 aromatic heterocycles. The Morgan fingerprint density at radius 1 is 1.43 bits per heavy atom. The van der Waals surface area contributed by atoms with Crippen molar-refractivity contribution in [2.24, 2.45) is 5.73 Å². The van der Waals surface area contributed by atoms with E-state index in [1.807, 2.05) is 0 Å². The molecule has 1 aromatic carbocycles. The first kappa shape index (κ1) is 9.15. The highest BCUT2D eigenvalue weighted by molar-refractivity contribution is 5.81. The third kappa shape index (κ3) is 1.61. The molecule has 14 heavy (non-hydrogen) atoms. The monoisotopic (exact) mass is 193 g/mol. The van der Waals surface area contributed by atoms with Crippen molar-refractivity contribution in [2.45, 2.75) is 12.8 Å². The van der Waals surface area contributed by atoms with Gasteiger partial charge in [-0.05, 0) is 37.6 Å². The summed E-state index contributed by atoms with van der Waals surface area (Å²) in [6.45, 7) is 0.635. The molecule has 2 aromatic rings. The summed E-state index contributed by atoms with van der Waals surface area (Å²) in [5, 5.41) is 7.84. The molecule has 0 fully saturated rings. The van der Waals surface area contributed by atoms with E-state index >= 15 is 0 Å². The Labute approximate surface area is 81.1 Å². The van der Waals surface area contributed by atoms with Gasteiger partial charge in [0.2, 0.25) is 0 Å². The number of nitrogens with one attached hydrogen (secondary N) is 1. The first-order chi connectivity index (χ1) is 6.81. The number of benzene rings is 1. The van der Waals surface area contributed by atoms with Crippen LogP contribution in [0.1, 0.15) is 12.1 Å². The van der Waals surface area contributed by atoms with Gasteiger partial charge in [-0.2, -0.15) is 5.10 Å². The molecule has 74 valence electrons. The van der Waals surface area contributed by atoms with Crippen LogP contribution in [0.25, 0.3) is 10.9 Å². The van der Waals surface area contributed by atoms with Crippen LogP contribution < -0.4 is 5.73 Å². The fourth-order valence-corrected chi connectivity index (χ4v) is 1.50. The van der Waals surface area contributed by atoms with Gasteiger partial charge in [-0.3, -0.25) is 5.10 Å². The molecular weight excluding hydrogens is 181 g/mol. The fourth-order valence-electron chi connectivity index (χ4n) is 1.50. The lowest BCUT2D eigenvalue weighted by Gasteiger charge is -1.96. The van der Waals surface area contributed by atoms with E-state index in [2.05, 4.69) is 10.2 Å². The summed E-state index contributed by atoms with van der Waals surface area (Å²) >= 11 is 0. The van der Waals surface area contributed by atoms with Crippen LogP contribution in [0.3, 0.4) is 0 Å². The number of fused-ring (bicyclic) bond motifs is 1. The summed E-state index contributed by atoms with van der Waals surface area (Å²) in [5.74, 6) is -0.229. The second-order valence-electron chi connectivity index (χ2n) is 3.26. The Bertz CT molecular complexity index is 436. The van der Waals surface area contributed by atoms with Crippen molar-refractivity contribution < 1.29 is 4.39 Å². The zero-order valence-corrected chi connectivity index (χ0v) is 7.76. The van der Waals surface area contributed by atoms with E-state index in [1.54, 1.807) is 6.07 Å². The van der Waals surface area contributed by atoms with E-state index in [9.17, 15) is 4.39 Å². The van der Waals surface area contributed by atoms with Crippen LogP contribution in [-0.4, -0.2) is 16.7 Å². The lowest BCUT2D eigenvalue weighted by Crippen LogP contribution is -2.00. The summed E-state index contributed by atoms with van der Waals surface area (Å²) in [7, 11) is 0. The predicted octanol–water partition coefficient (Wildman–Crippen LogP) is 1.59. The van der Waals surface area contributed by atoms with Gasteiger partial charge in [-0.15, -0.1) is 0 Å². The number of halogens is 1. The van der Waals surface area contributed by atoms with Gasteiger partial charge in [-0.25, -0.2) is 4.39 Å². The van der Waals surface area contributed by atoms with Crippen LogP contribution in [0.15, 0.2) is 18.2 Å². The van der Waals surface area contributed by atoms with Crippen LogP contribution in [0.5, 0.6) is 0 Å². The first-order valence-corrected chi connectivity index (χ1v) is 4.64. The maximum atomic E-state index is 12.9. The molecule has 0 bridgehead atoms. The highest BCUT2D eigenvalue weighted by atomic mass is 19.1. The number of rotatable bonds is 3. The topological polar surface area (TPSA) is 54.7 Å². The van der Waals surface area contributed by atoms with Crippen molar-refractivity contribution in [3.05, 3.63) is 29.7 Å². The molecule has 0 amide bonds. The molecule has 3 nitrogen and oxygen atoms in total. The van der Waals surface area contributed by atoms with Gasteiger partial charge in [0, 0.05) is 11.1 Å². The summed E-state index contributed by atoms with van der Waals surface area (Å²) in [6.07, 6.45) is 1.70. The molecule has 0 aliphatic heterocycles. The average molecular weight is 193 g/mol. The van der Waals surface area contributed by atoms with Crippen molar-refractivity contribution in [2.75, 3.05) is 6.54 Å². The second-order valence-corrected chi connectivity index (χ2v) is 3.26. The van der Waals surface area contributed by atoms with Crippen LogP contribution >= 0.6 is 0 Å². The van der Waals surface area contributed by atoms with Crippen molar-refractivity contribution in [1.29, 1.82) is 0 Å². The Kier molecular flexibility index (Phi) is 2.45. The van der Waals surface area contributed by atoms with E-state index in [4.69, 9.17) is 5.73 Å². The third-order valence-electron chi connectivity index (χ3n) is 2.23. The standard InChI is InChI=1S/C10H12FN3/c11-7-3-4-10-8(6-7)9(13-14-10)2-1-5-12/h3-4,6H,1-2,5,12H2,(H,13,14). The number of nitrogens with two attached hydrogens (primary N) is 1. The normalized spacial score (nSPS) is 11.0. The molecule has 3 N–H and O–H groups in total. The number of aryl methyl sites for hydroxylation is 1. The zero-order chi connectivity index (χ0) is 9.97. The molecule has 0 saturated carbocycles. The molecule has 1 heterocycles. The highest BCUT2D eigenvalue weighted by Crippen LogP contribution is 2.17. The van der Waals surface area contributed by atoms with E-state index in [-0.39, 0.29) is 5.82 Å². The number of aromatic nitrogens is 2. The van der Waals surface area contributed by atoms with Crippen LogP contribution in [0.2, 0.25) is 0 Å². The Morgan fingerprint density at radius 2 is 2.29 bits per heavy atom. The van der Waals surface area contributed by atoms with E-state index < -0.39 is 0 Å². The maximum absolute atomic E-state index is 12.9. The minimum atomic E-state index is -0.229. The minimum Gasteiger partial charge on any atom is -0.330 e. The van der Waals surface area contributed by atoms with E-state index in [0.29, 0.717) is 6.54 Å². The molecule has 4 heteroatoms. The molecule has 0 aliphatic rings. The van der Waals surface area contributed by atoms with Crippen LogP contribution in [-0.2, 0) is 6.42 Å². The SMILES string of the molecule is NCCCc1[nH]nc2ccc(F)cc12. The minimum absolute atomic E-state index is 0.229. The number of hydrogen-bond donors (Lipinski definition) is 2. The summed E-state index contributed by atoms with van der Waals surface area (Å²) in [4.78, 5) is 0. The van der Waals surface area contributed by atoms with Gasteiger partial charge in [0.05, 0.1) is 5.52 Å². The molecule has 0 unspecified atom stereocenters. The van der Waals surface area contributed by atoms with E-state index in [1.165, 1.54) is 12.1 Å². The third-order valence-corrected chi connectivity index (χ3v) is 2.23. The predicted molar refractivity (Wildman–Crippen MR) is 53.4 cm³/mol. The Morgan fingerprint density at radius 3 is 3.07 bits per heavy atom. The number of hydrogen-bond acceptors (Lipinski definition) is 2. The quantitative estimate of drug-likeness (QED) is 0.777. The molecule has 0 aliphatic carbocycles. The number of nitrogens with zero attached hydrogens (tertiary/aromatic N) is 1. The molecule has 2 rings (SSSR count). The number of H-pyrrole nitrogens is 1. The van der Waals surface area contributed by atoms with Crippen LogP contribution in [0.4, 0.5) is 4.39 Å². The summed E-state index contributed by atoms with van der Waals surface area (Å²) < 4.78 is 12.9. The molecule has 0 spiro atoms. The highest BCUT2D eigenvalue weighted by Gasteiger charge is 2.05. The van der Waals surface area contributed by atoms with Gasteiger partial charge in [0.15, 0.2) is 0 Å². The Balaban J connectivity index is 2.40. The van der Waals surface area contributed by atoms with Crippen molar-refractivity contribution >= 4 is 10.9 Å². The maximum Gasteiger partial charge on any atom is 0.124 e. The first-order valence-electron chi connectivity index (χ1n) is 4.64. The van der Waals surface area contributed by atoms with Gasteiger partial charge in [-0.1, -0.05) is 0 Å². The van der Waals surface area contributed by atoms with Crippen LogP contribution in [0, 0.1) is 5.82 Å². The van der Waals surface area contributed by atoms with Crippen molar-refractivity contribution in [1.82, 2.24) is 10.2 Å². The van der Waals surface area contributed by atoms with Gasteiger partial charge >= 0.3 is 0 Å². The lowest BCUT2D eigenvalue weighted by atomic mass is 10.1. The molecular formula is C10H12FN3. The van der Waals surface area contributed by atoms with Gasteiger partial charge < -0.3 is 5.73 Å². The lowest BCUT2D eigenvalue weighted by molar-refractivity contribution is 0.629. The summed E-state index contributed by atoms with van der Waals surface area (Å²) in [6, 6.07) is 4.59. The number of aromatic amines is 1. The fraction of sp³-hybridized carbons (Fsp3) is 0.300. The van der Waals surface area contributed by atoms with Gasteiger partial charge in [0.1, 0.15) is 5.82 Å². The molecule has 0 radical (unpaired) electrons. The molecule has 0 atom stereocenters. The van der Waals surface area contributed by atoms with Crippen molar-refractivity contribution in [3.8, 4) is 0 Å². The smallest absolute Gasteiger partial charge is 0.124 e. The molecule has 0 saturated heterocycles. The summed E-state index contributed by atoms with van der Waals surface area (Å²) in [5.41, 5.74) is 7.18. The average Bonchev–Trinajstić information content (AvgIpc) is 2.57. The zero-order valence-electron chi connectivity index (χ0n) is 7.76.